The van der Waals surface area contributed by atoms with Gasteiger partial charge in [0.25, 0.3) is 10.0 Å². The van der Waals surface area contributed by atoms with Gasteiger partial charge in [-0.3, -0.25) is 9.52 Å². The van der Waals surface area contributed by atoms with Crippen LogP contribution in [0.25, 0.3) is 0 Å². The monoisotopic (exact) mass is 480 g/mol. The number of benzene rings is 2. The summed E-state index contributed by atoms with van der Waals surface area (Å²) in [6, 6.07) is 5.14. The Morgan fingerprint density at radius 3 is 2.22 bits per heavy atom. The zero-order valence-corrected chi connectivity index (χ0v) is 16.7. The molecule has 1 amide bonds. The SMILES string of the molecule is NC(=O)C(O)C(O)COC(=O)c1ccc(S(=O)(=O)Nc2ccc(F)cc2C(F)(F)F)cc1. The summed E-state index contributed by atoms with van der Waals surface area (Å²) >= 11 is 0. The van der Waals surface area contributed by atoms with Crippen molar-refractivity contribution < 1.29 is 50.5 Å². The predicted octanol–water partition coefficient (Wildman–Crippen LogP) is 1.01. The zero-order valence-electron chi connectivity index (χ0n) is 15.8. The molecule has 0 heterocycles. The smallest absolute Gasteiger partial charge is 0.418 e. The molecule has 2 unspecified atom stereocenters. The Balaban J connectivity index is 2.15. The maximum atomic E-state index is 13.2. The molecule has 2 rings (SSSR count). The van der Waals surface area contributed by atoms with Crippen molar-refractivity contribution in [1.82, 2.24) is 0 Å². The van der Waals surface area contributed by atoms with Crippen LogP contribution in [0.1, 0.15) is 15.9 Å². The molecule has 0 aliphatic heterocycles. The van der Waals surface area contributed by atoms with E-state index in [1.165, 1.54) is 0 Å². The number of ether oxygens (including phenoxy) is 1. The van der Waals surface area contributed by atoms with Crippen molar-refractivity contribution in [3.8, 4) is 0 Å². The van der Waals surface area contributed by atoms with Crippen LogP contribution in [0.2, 0.25) is 0 Å². The van der Waals surface area contributed by atoms with E-state index in [0.717, 1.165) is 24.3 Å². The molecule has 0 fully saturated rings. The first-order chi connectivity index (χ1) is 14.7. The van der Waals surface area contributed by atoms with Gasteiger partial charge in [0.15, 0.2) is 6.10 Å². The van der Waals surface area contributed by atoms with Crippen LogP contribution in [0.5, 0.6) is 0 Å². The van der Waals surface area contributed by atoms with E-state index < -0.39 is 68.9 Å². The Labute approximate surface area is 178 Å². The highest BCUT2D eigenvalue weighted by atomic mass is 32.2. The number of amides is 1. The molecule has 9 nitrogen and oxygen atoms in total. The Kier molecular flexibility index (Phi) is 7.43. The average Bonchev–Trinajstić information content (AvgIpc) is 2.71. The summed E-state index contributed by atoms with van der Waals surface area (Å²) in [5, 5.41) is 18.7. The topological polar surface area (TPSA) is 156 Å². The van der Waals surface area contributed by atoms with Gasteiger partial charge in [-0.05, 0) is 42.5 Å². The normalized spacial score (nSPS) is 13.8. The molecule has 2 atom stereocenters. The zero-order chi connectivity index (χ0) is 24.3. The number of nitrogens with two attached hydrogens (primary N) is 1. The number of primary amides is 1. The van der Waals surface area contributed by atoms with Crippen LogP contribution in [0, 0.1) is 5.82 Å². The summed E-state index contributed by atoms with van der Waals surface area (Å²) in [6.07, 6.45) is -8.80. The summed E-state index contributed by atoms with van der Waals surface area (Å²) < 4.78 is 83.5. The van der Waals surface area contributed by atoms with E-state index in [2.05, 4.69) is 4.74 Å². The molecule has 0 spiro atoms. The number of esters is 1. The third-order valence-corrected chi connectivity index (χ3v) is 5.35. The molecule has 174 valence electrons. The molecule has 0 radical (unpaired) electrons. The standard InChI is InChI=1S/C18H16F4N2O7S/c19-10-3-6-13(12(7-10)18(20,21)22)24-32(29,30)11-4-1-9(2-5-11)17(28)31-8-14(25)15(26)16(23)27/h1-7,14-15,24-26H,8H2,(H2,23,27). The Hall–Kier alpha value is -3.23. The minimum Gasteiger partial charge on any atom is -0.459 e. The number of aliphatic hydroxyl groups excluding tert-OH is 2. The van der Waals surface area contributed by atoms with E-state index >= 15 is 0 Å². The van der Waals surface area contributed by atoms with E-state index in [1.54, 1.807) is 4.72 Å². The number of anilines is 1. The van der Waals surface area contributed by atoms with Crippen molar-refractivity contribution in [2.24, 2.45) is 5.73 Å². The molecule has 0 saturated heterocycles. The number of halogens is 4. The van der Waals surface area contributed by atoms with Crippen LogP contribution in [0.4, 0.5) is 23.2 Å². The number of nitrogens with one attached hydrogen (secondary N) is 1. The fourth-order valence-electron chi connectivity index (χ4n) is 2.34. The van der Waals surface area contributed by atoms with Gasteiger partial charge >= 0.3 is 12.1 Å². The lowest BCUT2D eigenvalue weighted by molar-refractivity contribution is -0.137. The second-order valence-electron chi connectivity index (χ2n) is 6.33. The van der Waals surface area contributed by atoms with Gasteiger partial charge in [0, 0.05) is 0 Å². The van der Waals surface area contributed by atoms with Crippen LogP contribution >= 0.6 is 0 Å². The lowest BCUT2D eigenvalue weighted by Crippen LogP contribution is -2.41. The number of hydrogen-bond donors (Lipinski definition) is 4. The second-order valence-corrected chi connectivity index (χ2v) is 8.01. The summed E-state index contributed by atoms with van der Waals surface area (Å²) in [6.45, 7) is -0.796. The third-order valence-electron chi connectivity index (χ3n) is 3.97. The van der Waals surface area contributed by atoms with Crippen molar-refractivity contribution >= 4 is 27.6 Å². The maximum absolute atomic E-state index is 13.2. The van der Waals surface area contributed by atoms with E-state index in [-0.39, 0.29) is 11.6 Å². The molecule has 32 heavy (non-hydrogen) atoms. The number of aliphatic hydroxyl groups is 2. The fourth-order valence-corrected chi connectivity index (χ4v) is 3.42. The summed E-state index contributed by atoms with van der Waals surface area (Å²) in [4.78, 5) is 22.1. The summed E-state index contributed by atoms with van der Waals surface area (Å²) in [7, 11) is -4.55. The third kappa shape index (κ3) is 6.15. The Morgan fingerprint density at radius 1 is 1.09 bits per heavy atom. The largest absolute Gasteiger partial charge is 0.459 e. The van der Waals surface area contributed by atoms with Crippen LogP contribution < -0.4 is 10.5 Å². The van der Waals surface area contributed by atoms with E-state index in [9.17, 15) is 45.8 Å². The highest BCUT2D eigenvalue weighted by Crippen LogP contribution is 2.36. The van der Waals surface area contributed by atoms with Crippen molar-refractivity contribution in [2.75, 3.05) is 11.3 Å². The molecule has 0 bridgehead atoms. The number of sulfonamides is 1. The number of carbonyl (C=O) groups excluding carboxylic acids is 2. The van der Waals surface area contributed by atoms with Crippen LogP contribution in [0.15, 0.2) is 47.4 Å². The highest BCUT2D eigenvalue weighted by molar-refractivity contribution is 7.92. The Bertz CT molecular complexity index is 1110. The first-order valence-corrected chi connectivity index (χ1v) is 10.0. The molecule has 0 saturated carbocycles. The lowest BCUT2D eigenvalue weighted by atomic mass is 10.2. The van der Waals surface area contributed by atoms with Crippen LogP contribution in [-0.4, -0.2) is 49.3 Å². The molecule has 2 aromatic rings. The van der Waals surface area contributed by atoms with Crippen LogP contribution in [0.3, 0.4) is 0 Å². The van der Waals surface area contributed by atoms with Gasteiger partial charge in [0.05, 0.1) is 21.7 Å². The lowest BCUT2D eigenvalue weighted by Gasteiger charge is -2.15. The van der Waals surface area contributed by atoms with Crippen LogP contribution in [-0.2, 0) is 25.7 Å². The Morgan fingerprint density at radius 2 is 1.69 bits per heavy atom. The van der Waals surface area contributed by atoms with Gasteiger partial charge in [-0.1, -0.05) is 0 Å². The molecule has 2 aromatic carbocycles. The van der Waals surface area contributed by atoms with Crippen molar-refractivity contribution in [3.63, 3.8) is 0 Å². The van der Waals surface area contributed by atoms with Crippen molar-refractivity contribution in [3.05, 3.63) is 59.4 Å². The summed E-state index contributed by atoms with van der Waals surface area (Å²) in [5.41, 5.74) is 2.14. The van der Waals surface area contributed by atoms with E-state index in [4.69, 9.17) is 5.73 Å². The van der Waals surface area contributed by atoms with E-state index in [1.807, 2.05) is 0 Å². The molecular formula is C18H16F4N2O7S. The predicted molar refractivity (Wildman–Crippen MR) is 100 cm³/mol. The highest BCUT2D eigenvalue weighted by Gasteiger charge is 2.35. The fraction of sp³-hybridized carbons (Fsp3) is 0.222. The number of hydrogen-bond acceptors (Lipinski definition) is 7. The average molecular weight is 480 g/mol. The number of alkyl halides is 3. The quantitative estimate of drug-likeness (QED) is 0.325. The first kappa shape index (κ1) is 25.0. The molecule has 14 heteroatoms. The molecule has 0 aromatic heterocycles. The molecule has 0 aliphatic rings. The number of carbonyl (C=O) groups is 2. The van der Waals surface area contributed by atoms with Gasteiger partial charge in [0.1, 0.15) is 18.5 Å². The number of rotatable bonds is 8. The van der Waals surface area contributed by atoms with Gasteiger partial charge in [-0.15, -0.1) is 0 Å². The molecule has 5 N–H and O–H groups in total. The minimum atomic E-state index is -5.03. The van der Waals surface area contributed by atoms with Gasteiger partial charge in [-0.2, -0.15) is 13.2 Å². The molecule has 0 aliphatic carbocycles. The minimum absolute atomic E-state index is 0.139. The maximum Gasteiger partial charge on any atom is 0.418 e. The van der Waals surface area contributed by atoms with Crippen molar-refractivity contribution in [2.45, 2.75) is 23.3 Å². The summed E-state index contributed by atoms with van der Waals surface area (Å²) in [5.74, 6) is -3.52. The van der Waals surface area contributed by atoms with Gasteiger partial charge in [0.2, 0.25) is 5.91 Å². The second kappa shape index (κ2) is 9.50. The molecular weight excluding hydrogens is 464 g/mol. The van der Waals surface area contributed by atoms with Crippen molar-refractivity contribution in [1.29, 1.82) is 0 Å². The van der Waals surface area contributed by atoms with Gasteiger partial charge < -0.3 is 20.7 Å². The first-order valence-electron chi connectivity index (χ1n) is 8.54. The van der Waals surface area contributed by atoms with Gasteiger partial charge in [-0.25, -0.2) is 17.6 Å². The van der Waals surface area contributed by atoms with E-state index in [0.29, 0.717) is 12.1 Å².